The monoisotopic (exact) mass is 390 g/mol. The maximum absolute atomic E-state index is 12.8. The van der Waals surface area contributed by atoms with E-state index < -0.39 is 0 Å². The molecule has 0 spiro atoms. The number of nitrogens with zero attached hydrogens (tertiary/aromatic N) is 1. The van der Waals surface area contributed by atoms with Crippen LogP contribution in [-0.2, 0) is 0 Å². The van der Waals surface area contributed by atoms with Crippen molar-refractivity contribution in [3.63, 3.8) is 0 Å². The van der Waals surface area contributed by atoms with Crippen molar-refractivity contribution in [3.05, 3.63) is 40.1 Å². The summed E-state index contributed by atoms with van der Waals surface area (Å²) in [4.78, 5) is 15.2. The normalized spacial score (nSPS) is 15.4. The Kier molecular flexibility index (Phi) is 6.58. The molecule has 1 fully saturated rings. The summed E-state index contributed by atoms with van der Waals surface area (Å²) in [6.07, 6.45) is 2.42. The number of nitrogens with one attached hydrogen (secondary N) is 1. The van der Waals surface area contributed by atoms with Crippen LogP contribution in [0.15, 0.2) is 29.0 Å². The number of ether oxygens (including phenoxy) is 3. The Bertz CT molecular complexity index is 732. The third-order valence-electron chi connectivity index (χ3n) is 4.89. The zero-order valence-electron chi connectivity index (χ0n) is 16.0. The van der Waals surface area contributed by atoms with E-state index in [0.29, 0.717) is 29.4 Å². The fourth-order valence-electron chi connectivity index (χ4n) is 3.48. The molecule has 1 amide bonds. The molecule has 1 aromatic heterocycles. The summed E-state index contributed by atoms with van der Waals surface area (Å²) in [7, 11) is 4.62. The minimum atomic E-state index is -0.159. The van der Waals surface area contributed by atoms with E-state index in [-0.39, 0.29) is 11.9 Å². The first-order chi connectivity index (χ1) is 13.2. The molecule has 0 bridgehead atoms. The number of carbonyl (C=O) groups excluding carboxylic acids is 1. The predicted molar refractivity (Wildman–Crippen MR) is 106 cm³/mol. The smallest absolute Gasteiger partial charge is 0.251 e. The average molecular weight is 391 g/mol. The van der Waals surface area contributed by atoms with Gasteiger partial charge in [0.15, 0.2) is 11.5 Å². The van der Waals surface area contributed by atoms with E-state index in [1.54, 1.807) is 44.8 Å². The van der Waals surface area contributed by atoms with Gasteiger partial charge in [-0.1, -0.05) is 0 Å². The molecule has 3 rings (SSSR count). The largest absolute Gasteiger partial charge is 0.493 e. The minimum Gasteiger partial charge on any atom is -0.493 e. The van der Waals surface area contributed by atoms with Gasteiger partial charge in [0.2, 0.25) is 5.75 Å². The Labute approximate surface area is 164 Å². The first-order valence-electron chi connectivity index (χ1n) is 9.02. The number of methoxy groups -OCH3 is 3. The van der Waals surface area contributed by atoms with Crippen molar-refractivity contribution in [1.29, 1.82) is 0 Å². The average Bonchev–Trinajstić information content (AvgIpc) is 3.41. The first-order valence-corrected chi connectivity index (χ1v) is 9.96. The van der Waals surface area contributed by atoms with Gasteiger partial charge < -0.3 is 19.5 Å². The molecular weight excluding hydrogens is 364 g/mol. The van der Waals surface area contributed by atoms with Crippen LogP contribution in [0.1, 0.15) is 34.8 Å². The number of amides is 1. The molecule has 0 saturated carbocycles. The summed E-state index contributed by atoms with van der Waals surface area (Å²) in [5.74, 6) is 1.25. The molecule has 2 aromatic rings. The fraction of sp³-hybridized carbons (Fsp3) is 0.450. The number of thiophene rings is 1. The number of hydrogen-bond donors (Lipinski definition) is 1. The second-order valence-electron chi connectivity index (χ2n) is 6.44. The van der Waals surface area contributed by atoms with E-state index >= 15 is 0 Å². The minimum absolute atomic E-state index is 0.159. The van der Waals surface area contributed by atoms with Gasteiger partial charge in [0, 0.05) is 12.1 Å². The maximum Gasteiger partial charge on any atom is 0.251 e. The second-order valence-corrected chi connectivity index (χ2v) is 7.22. The lowest BCUT2D eigenvalue weighted by Crippen LogP contribution is -2.36. The molecule has 1 atom stereocenters. The Hall–Kier alpha value is -2.25. The molecule has 146 valence electrons. The SMILES string of the molecule is COc1cc(C(=O)NCC(c2ccsc2)N2CCCC2)cc(OC)c1OC. The molecule has 0 aliphatic carbocycles. The van der Waals surface area contributed by atoms with Gasteiger partial charge in [-0.2, -0.15) is 11.3 Å². The molecule has 6 nitrogen and oxygen atoms in total. The van der Waals surface area contributed by atoms with E-state index in [9.17, 15) is 4.79 Å². The van der Waals surface area contributed by atoms with Crippen LogP contribution in [0.4, 0.5) is 0 Å². The van der Waals surface area contributed by atoms with Crippen molar-refractivity contribution in [2.24, 2.45) is 0 Å². The van der Waals surface area contributed by atoms with Crippen LogP contribution in [0.5, 0.6) is 17.2 Å². The van der Waals surface area contributed by atoms with Crippen molar-refractivity contribution in [2.75, 3.05) is 41.0 Å². The lowest BCUT2D eigenvalue weighted by Gasteiger charge is -2.27. The second kappa shape index (κ2) is 9.10. The third kappa shape index (κ3) is 4.36. The quantitative estimate of drug-likeness (QED) is 0.749. The number of benzene rings is 1. The number of rotatable bonds is 8. The highest BCUT2D eigenvalue weighted by Gasteiger charge is 2.25. The predicted octanol–water partition coefficient (Wildman–Crippen LogP) is 3.34. The van der Waals surface area contributed by atoms with Crippen molar-refractivity contribution in [1.82, 2.24) is 10.2 Å². The van der Waals surface area contributed by atoms with Crippen LogP contribution < -0.4 is 19.5 Å². The Balaban J connectivity index is 1.76. The Morgan fingerprint density at radius 2 is 1.81 bits per heavy atom. The molecule has 1 aliphatic rings. The highest BCUT2D eigenvalue weighted by atomic mass is 32.1. The third-order valence-corrected chi connectivity index (χ3v) is 5.59. The van der Waals surface area contributed by atoms with Gasteiger partial charge in [-0.3, -0.25) is 9.69 Å². The zero-order valence-corrected chi connectivity index (χ0v) is 16.8. The molecule has 1 aliphatic heterocycles. The van der Waals surface area contributed by atoms with E-state index in [2.05, 4.69) is 27.0 Å². The number of carbonyl (C=O) groups is 1. The molecule has 1 aromatic carbocycles. The van der Waals surface area contributed by atoms with Crippen molar-refractivity contribution in [2.45, 2.75) is 18.9 Å². The molecule has 7 heteroatoms. The van der Waals surface area contributed by atoms with Gasteiger partial charge >= 0.3 is 0 Å². The molecule has 1 N–H and O–H groups in total. The molecule has 27 heavy (non-hydrogen) atoms. The van der Waals surface area contributed by atoms with Gasteiger partial charge in [0.25, 0.3) is 5.91 Å². The summed E-state index contributed by atoms with van der Waals surface area (Å²) >= 11 is 1.68. The lowest BCUT2D eigenvalue weighted by atomic mass is 10.1. The van der Waals surface area contributed by atoms with Crippen LogP contribution in [-0.4, -0.2) is 51.8 Å². The number of hydrogen-bond acceptors (Lipinski definition) is 6. The summed E-state index contributed by atoms with van der Waals surface area (Å²) in [5.41, 5.74) is 1.74. The summed E-state index contributed by atoms with van der Waals surface area (Å²) in [5, 5.41) is 7.32. The van der Waals surface area contributed by atoms with Gasteiger partial charge in [-0.05, 0) is 60.5 Å². The Morgan fingerprint density at radius 3 is 2.33 bits per heavy atom. The van der Waals surface area contributed by atoms with E-state index in [1.165, 1.54) is 18.4 Å². The van der Waals surface area contributed by atoms with E-state index in [1.807, 2.05) is 0 Å². The van der Waals surface area contributed by atoms with Crippen molar-refractivity contribution < 1.29 is 19.0 Å². The lowest BCUT2D eigenvalue weighted by molar-refractivity contribution is 0.0937. The van der Waals surface area contributed by atoms with Gasteiger partial charge in [0.05, 0.1) is 27.4 Å². The molecule has 1 saturated heterocycles. The standard InChI is InChI=1S/C20H26N2O4S/c1-24-17-10-15(11-18(25-2)19(17)26-3)20(23)21-12-16(14-6-9-27-13-14)22-7-4-5-8-22/h6,9-11,13,16H,4-5,7-8,12H2,1-3H3,(H,21,23). The molecule has 2 heterocycles. The fourth-order valence-corrected chi connectivity index (χ4v) is 4.19. The highest BCUT2D eigenvalue weighted by molar-refractivity contribution is 7.07. The number of likely N-dealkylation sites (tertiary alicyclic amines) is 1. The van der Waals surface area contributed by atoms with Crippen LogP contribution in [0.3, 0.4) is 0 Å². The van der Waals surface area contributed by atoms with Crippen LogP contribution in [0.2, 0.25) is 0 Å². The zero-order chi connectivity index (χ0) is 19.2. The van der Waals surface area contributed by atoms with E-state index in [4.69, 9.17) is 14.2 Å². The Morgan fingerprint density at radius 1 is 1.15 bits per heavy atom. The van der Waals surface area contributed by atoms with Gasteiger partial charge in [0.1, 0.15) is 0 Å². The molecular formula is C20H26N2O4S. The summed E-state index contributed by atoms with van der Waals surface area (Å²) in [6, 6.07) is 5.68. The summed E-state index contributed by atoms with van der Waals surface area (Å²) < 4.78 is 16.0. The topological polar surface area (TPSA) is 60.0 Å². The van der Waals surface area contributed by atoms with Crippen LogP contribution >= 0.6 is 11.3 Å². The molecule has 1 unspecified atom stereocenters. The first kappa shape index (κ1) is 19.5. The van der Waals surface area contributed by atoms with Gasteiger partial charge in [-0.15, -0.1) is 0 Å². The highest BCUT2D eigenvalue weighted by Crippen LogP contribution is 2.38. The van der Waals surface area contributed by atoms with Crippen molar-refractivity contribution in [3.8, 4) is 17.2 Å². The van der Waals surface area contributed by atoms with Crippen molar-refractivity contribution >= 4 is 17.2 Å². The van der Waals surface area contributed by atoms with Crippen LogP contribution in [0, 0.1) is 0 Å². The van der Waals surface area contributed by atoms with E-state index in [0.717, 1.165) is 13.1 Å². The maximum atomic E-state index is 12.8. The summed E-state index contributed by atoms with van der Waals surface area (Å²) in [6.45, 7) is 2.70. The van der Waals surface area contributed by atoms with Crippen LogP contribution in [0.25, 0.3) is 0 Å². The molecule has 0 radical (unpaired) electrons. The van der Waals surface area contributed by atoms with Gasteiger partial charge in [-0.25, -0.2) is 0 Å².